The van der Waals surface area contributed by atoms with Crippen LogP contribution in [-0.4, -0.2) is 72.0 Å². The molecule has 33 heavy (non-hydrogen) atoms. The molecule has 2 fully saturated rings. The van der Waals surface area contributed by atoms with E-state index < -0.39 is 18.3 Å². The summed E-state index contributed by atoms with van der Waals surface area (Å²) < 4.78 is 40.5. The molecule has 1 aromatic carbocycles. The van der Waals surface area contributed by atoms with Gasteiger partial charge in [-0.25, -0.2) is 0 Å². The van der Waals surface area contributed by atoms with Gasteiger partial charge in [0, 0.05) is 42.0 Å². The fourth-order valence-electron chi connectivity index (χ4n) is 3.78. The van der Waals surface area contributed by atoms with Crippen molar-refractivity contribution in [2.24, 2.45) is 5.92 Å². The van der Waals surface area contributed by atoms with Gasteiger partial charge in [-0.2, -0.15) is 5.26 Å². The van der Waals surface area contributed by atoms with Gasteiger partial charge >= 0.3 is 6.36 Å². The van der Waals surface area contributed by atoms with Crippen molar-refractivity contribution in [2.45, 2.75) is 12.4 Å². The van der Waals surface area contributed by atoms with Crippen LogP contribution in [0.5, 0.6) is 0 Å². The Labute approximate surface area is 191 Å². The van der Waals surface area contributed by atoms with Crippen LogP contribution in [0, 0.1) is 17.2 Å². The Bertz CT molecular complexity index is 1100. The van der Waals surface area contributed by atoms with Gasteiger partial charge in [-0.15, -0.1) is 24.9 Å². The van der Waals surface area contributed by atoms with Crippen LogP contribution in [0.3, 0.4) is 0 Å². The number of anilines is 1. The van der Waals surface area contributed by atoms with E-state index in [1.54, 1.807) is 24.3 Å². The number of alkyl halides is 3. The number of hydrogen-bond acceptors (Lipinski definition) is 7. The molecule has 0 saturated carbocycles. The van der Waals surface area contributed by atoms with E-state index in [0.29, 0.717) is 41.2 Å². The highest BCUT2D eigenvalue weighted by molar-refractivity contribution is 7.99. The minimum Gasteiger partial charge on any atom is -0.371 e. The van der Waals surface area contributed by atoms with E-state index in [1.165, 1.54) is 22.9 Å². The van der Waals surface area contributed by atoms with E-state index in [4.69, 9.17) is 5.26 Å². The van der Waals surface area contributed by atoms with E-state index in [1.807, 2.05) is 4.90 Å². The summed E-state index contributed by atoms with van der Waals surface area (Å²) in [6.45, 7) is 0.199. The second kappa shape index (κ2) is 9.44. The van der Waals surface area contributed by atoms with E-state index in [-0.39, 0.29) is 25.0 Å². The lowest BCUT2D eigenvalue weighted by atomic mass is 9.99. The Morgan fingerprint density at radius 3 is 2.82 bits per heavy atom. The van der Waals surface area contributed by atoms with Crippen molar-refractivity contribution in [2.75, 3.05) is 42.8 Å². The molecule has 1 atom stereocenters. The first-order valence-corrected chi connectivity index (χ1v) is 11.3. The van der Waals surface area contributed by atoms with E-state index >= 15 is 0 Å². The number of halogens is 3. The first-order valence-electron chi connectivity index (χ1n) is 10.1. The summed E-state index contributed by atoms with van der Waals surface area (Å²) in [5.74, 6) is -0.0431. The predicted octanol–water partition coefficient (Wildman–Crippen LogP) is 2.36. The van der Waals surface area contributed by atoms with E-state index in [2.05, 4.69) is 21.1 Å². The third-order valence-electron chi connectivity index (χ3n) is 5.53. The van der Waals surface area contributed by atoms with Crippen LogP contribution in [0.1, 0.15) is 10.4 Å². The lowest BCUT2D eigenvalue weighted by Gasteiger charge is -2.41. The molecule has 3 heterocycles. The quantitative estimate of drug-likeness (QED) is 0.679. The van der Waals surface area contributed by atoms with Crippen LogP contribution in [0.15, 0.2) is 30.5 Å². The van der Waals surface area contributed by atoms with Crippen molar-refractivity contribution >= 4 is 40.2 Å². The Kier molecular flexibility index (Phi) is 6.62. The molecule has 0 aliphatic carbocycles. The summed E-state index contributed by atoms with van der Waals surface area (Å²) in [5.41, 5.74) is 1.67. The van der Waals surface area contributed by atoms with Gasteiger partial charge in [0.2, 0.25) is 5.91 Å². The van der Waals surface area contributed by atoms with Crippen LogP contribution in [0.2, 0.25) is 0 Å². The highest BCUT2D eigenvalue weighted by atomic mass is 32.2. The average Bonchev–Trinajstić information content (AvgIpc) is 3.24. The Morgan fingerprint density at radius 2 is 2.09 bits per heavy atom. The number of amides is 2. The van der Waals surface area contributed by atoms with Gasteiger partial charge in [-0.3, -0.25) is 19.3 Å². The number of nitrogens with one attached hydrogen (secondary N) is 1. The summed E-state index contributed by atoms with van der Waals surface area (Å²) in [6, 6.07) is 8.44. The maximum absolute atomic E-state index is 12.8. The predicted molar refractivity (Wildman–Crippen MR) is 115 cm³/mol. The van der Waals surface area contributed by atoms with Gasteiger partial charge in [0.1, 0.15) is 6.04 Å². The number of rotatable bonds is 6. The molecule has 1 N–H and O–H groups in total. The minimum atomic E-state index is -4.64. The maximum Gasteiger partial charge on any atom is 0.522 e. The smallest absolute Gasteiger partial charge is 0.371 e. The summed E-state index contributed by atoms with van der Waals surface area (Å²) in [4.78, 5) is 32.8. The van der Waals surface area contributed by atoms with Gasteiger partial charge in [0.15, 0.2) is 0 Å². The number of thioether (sulfide) groups is 1. The molecule has 1 aromatic heterocycles. The number of carbonyl (C=O) groups is 2. The van der Waals surface area contributed by atoms with Crippen molar-refractivity contribution in [3.05, 3.63) is 36.0 Å². The summed E-state index contributed by atoms with van der Waals surface area (Å²) in [5, 5.41) is 12.3. The number of aromatic nitrogens is 1. The SMILES string of the molecule is N#C[C@@H]1CSCN1C(=O)CNC(=O)c1ccnc2ccc(N3CC(COC(F)(F)F)C3)cc12. The third kappa shape index (κ3) is 5.31. The Balaban J connectivity index is 1.41. The van der Waals surface area contributed by atoms with Gasteiger partial charge in [0.25, 0.3) is 5.91 Å². The first kappa shape index (κ1) is 23.1. The zero-order valence-electron chi connectivity index (χ0n) is 17.3. The second-order valence-corrected chi connectivity index (χ2v) is 8.78. The molecular formula is C21H20F3N5O3S. The summed E-state index contributed by atoms with van der Waals surface area (Å²) >= 11 is 1.49. The molecule has 0 bridgehead atoms. The zero-order chi connectivity index (χ0) is 23.6. The van der Waals surface area contributed by atoms with Crippen molar-refractivity contribution < 1.29 is 27.5 Å². The molecule has 8 nitrogen and oxygen atoms in total. The molecule has 174 valence electrons. The molecule has 2 amide bonds. The number of carbonyl (C=O) groups excluding carboxylic acids is 2. The lowest BCUT2D eigenvalue weighted by molar-refractivity contribution is -0.328. The number of hydrogen-bond donors (Lipinski definition) is 1. The van der Waals surface area contributed by atoms with Crippen LogP contribution in [0.4, 0.5) is 18.9 Å². The fraction of sp³-hybridized carbons (Fsp3) is 0.429. The zero-order valence-corrected chi connectivity index (χ0v) is 18.2. The molecule has 0 unspecified atom stereocenters. The second-order valence-electron chi connectivity index (χ2n) is 7.78. The number of nitriles is 1. The molecule has 2 aliphatic rings. The van der Waals surface area contributed by atoms with Gasteiger partial charge in [-0.1, -0.05) is 0 Å². The van der Waals surface area contributed by atoms with Gasteiger partial charge < -0.3 is 15.1 Å². The molecule has 0 radical (unpaired) electrons. The molecule has 0 spiro atoms. The first-order chi connectivity index (χ1) is 15.7. The fourth-order valence-corrected chi connectivity index (χ4v) is 4.88. The topological polar surface area (TPSA) is 98.6 Å². The molecule has 4 rings (SSSR count). The number of benzene rings is 1. The monoisotopic (exact) mass is 479 g/mol. The lowest BCUT2D eigenvalue weighted by Crippen LogP contribution is -2.49. The van der Waals surface area contributed by atoms with Gasteiger partial charge in [0.05, 0.1) is 36.2 Å². The highest BCUT2D eigenvalue weighted by Crippen LogP contribution is 2.30. The van der Waals surface area contributed by atoms with Crippen molar-refractivity contribution in [1.82, 2.24) is 15.2 Å². The number of pyridine rings is 1. The summed E-state index contributed by atoms with van der Waals surface area (Å²) in [6.07, 6.45) is -3.14. The molecule has 2 aliphatic heterocycles. The number of fused-ring (bicyclic) bond motifs is 1. The van der Waals surface area contributed by atoms with Crippen molar-refractivity contribution in [3.63, 3.8) is 0 Å². The summed E-state index contributed by atoms with van der Waals surface area (Å²) in [7, 11) is 0. The number of nitrogens with zero attached hydrogens (tertiary/aromatic N) is 4. The van der Waals surface area contributed by atoms with Crippen LogP contribution in [-0.2, 0) is 9.53 Å². The largest absolute Gasteiger partial charge is 0.522 e. The van der Waals surface area contributed by atoms with Crippen molar-refractivity contribution in [1.29, 1.82) is 5.26 Å². The van der Waals surface area contributed by atoms with Crippen molar-refractivity contribution in [3.8, 4) is 6.07 Å². The molecule has 2 saturated heterocycles. The Hall–Kier alpha value is -3.04. The highest BCUT2D eigenvalue weighted by Gasteiger charge is 2.34. The Morgan fingerprint density at radius 1 is 1.30 bits per heavy atom. The number of ether oxygens (including phenoxy) is 1. The van der Waals surface area contributed by atoms with Crippen LogP contribution >= 0.6 is 11.8 Å². The van der Waals surface area contributed by atoms with Crippen LogP contribution < -0.4 is 10.2 Å². The molecule has 12 heteroatoms. The molecular weight excluding hydrogens is 459 g/mol. The molecule has 2 aromatic rings. The standard InChI is InChI=1S/C21H20F3N5O3S/c22-21(23,24)32-10-13-8-28(9-13)14-1-2-18-17(5-14)16(3-4-26-18)20(31)27-7-19(30)29-12-33-11-15(29)6-25/h1-5,13,15H,7-12H2,(H,27,31)/t15-/m1/s1. The normalized spacial score (nSPS) is 18.8. The maximum atomic E-state index is 12.8. The third-order valence-corrected chi connectivity index (χ3v) is 6.54. The van der Waals surface area contributed by atoms with E-state index in [0.717, 1.165) is 5.69 Å². The van der Waals surface area contributed by atoms with Crippen LogP contribution in [0.25, 0.3) is 10.9 Å². The minimum absolute atomic E-state index is 0.228. The van der Waals surface area contributed by atoms with Gasteiger partial charge in [-0.05, 0) is 24.3 Å². The average molecular weight is 479 g/mol. The van der Waals surface area contributed by atoms with E-state index in [9.17, 15) is 22.8 Å².